The minimum absolute atomic E-state index is 0.149. The largest absolute Gasteiger partial charge is 0.357 e. The molecule has 2 saturated heterocycles. The first-order chi connectivity index (χ1) is 11.7. The lowest BCUT2D eigenvalue weighted by molar-refractivity contribution is 0.0664. The number of amides is 1. The summed E-state index contributed by atoms with van der Waals surface area (Å²) in [6.07, 6.45) is 6.46. The summed E-state index contributed by atoms with van der Waals surface area (Å²) >= 11 is 0. The Balaban J connectivity index is 1.73. The van der Waals surface area contributed by atoms with Crippen molar-refractivity contribution in [2.24, 2.45) is 0 Å². The van der Waals surface area contributed by atoms with Gasteiger partial charge in [0.1, 0.15) is 5.82 Å². The van der Waals surface area contributed by atoms with Crippen LogP contribution in [-0.4, -0.2) is 66.0 Å². The van der Waals surface area contributed by atoms with Crippen LogP contribution in [0.3, 0.4) is 0 Å². The Labute approximate surface area is 145 Å². The number of rotatable bonds is 5. The van der Waals surface area contributed by atoms with Gasteiger partial charge in [-0.1, -0.05) is 0 Å². The van der Waals surface area contributed by atoms with Gasteiger partial charge in [-0.05, 0) is 65.3 Å². The smallest absolute Gasteiger partial charge is 0.255 e. The Hall–Kier alpha value is -1.62. The second kappa shape index (κ2) is 7.51. The zero-order chi connectivity index (χ0) is 17.1. The number of anilines is 1. The van der Waals surface area contributed by atoms with Crippen molar-refractivity contribution >= 4 is 11.7 Å². The van der Waals surface area contributed by atoms with Crippen molar-refractivity contribution in [3.05, 3.63) is 23.9 Å². The Bertz CT molecular complexity index is 555. The van der Waals surface area contributed by atoms with Crippen molar-refractivity contribution in [1.29, 1.82) is 0 Å². The molecule has 0 saturated carbocycles. The number of hydrogen-bond donors (Lipinski definition) is 0. The molecule has 132 valence electrons. The van der Waals surface area contributed by atoms with Gasteiger partial charge >= 0.3 is 0 Å². The molecule has 2 atom stereocenters. The van der Waals surface area contributed by atoms with Crippen LogP contribution < -0.4 is 4.90 Å². The lowest BCUT2D eigenvalue weighted by Crippen LogP contribution is -2.47. The Morgan fingerprint density at radius 3 is 2.46 bits per heavy atom. The maximum absolute atomic E-state index is 13.0. The van der Waals surface area contributed by atoms with Crippen molar-refractivity contribution in [3.63, 3.8) is 0 Å². The number of aromatic nitrogens is 1. The van der Waals surface area contributed by atoms with Gasteiger partial charge in [-0.25, -0.2) is 4.98 Å². The van der Waals surface area contributed by atoms with Crippen LogP contribution in [0.1, 0.15) is 49.9 Å². The molecule has 0 bridgehead atoms. The minimum Gasteiger partial charge on any atom is -0.357 e. The number of hydrogen-bond acceptors (Lipinski definition) is 4. The van der Waals surface area contributed by atoms with E-state index in [1.165, 1.54) is 12.8 Å². The summed E-state index contributed by atoms with van der Waals surface area (Å²) in [5.74, 6) is 1.10. The van der Waals surface area contributed by atoms with Gasteiger partial charge in [0.05, 0.1) is 5.56 Å². The van der Waals surface area contributed by atoms with Gasteiger partial charge in [-0.15, -0.1) is 0 Å². The minimum atomic E-state index is 0.149. The number of likely N-dealkylation sites (tertiary alicyclic amines) is 2. The highest BCUT2D eigenvalue weighted by molar-refractivity contribution is 5.94. The van der Waals surface area contributed by atoms with E-state index in [1.807, 2.05) is 12.1 Å². The molecule has 3 rings (SSSR count). The maximum Gasteiger partial charge on any atom is 0.255 e. The molecule has 1 aromatic rings. The van der Waals surface area contributed by atoms with Crippen LogP contribution in [0.5, 0.6) is 0 Å². The molecule has 0 unspecified atom stereocenters. The van der Waals surface area contributed by atoms with Crippen LogP contribution in [0.2, 0.25) is 0 Å². The lowest BCUT2D eigenvalue weighted by Gasteiger charge is -2.33. The predicted octanol–water partition coefficient (Wildman–Crippen LogP) is 2.63. The van der Waals surface area contributed by atoms with Crippen LogP contribution in [0.25, 0.3) is 0 Å². The number of carbonyl (C=O) groups is 1. The molecule has 0 aromatic carbocycles. The third kappa shape index (κ3) is 3.27. The van der Waals surface area contributed by atoms with Crippen molar-refractivity contribution < 1.29 is 4.79 Å². The van der Waals surface area contributed by atoms with Gasteiger partial charge in [-0.2, -0.15) is 0 Å². The fourth-order valence-corrected chi connectivity index (χ4v) is 4.28. The van der Waals surface area contributed by atoms with Crippen LogP contribution in [0.4, 0.5) is 5.82 Å². The Kier molecular flexibility index (Phi) is 5.39. The van der Waals surface area contributed by atoms with Crippen LogP contribution in [0.15, 0.2) is 18.3 Å². The van der Waals surface area contributed by atoms with Gasteiger partial charge in [0.25, 0.3) is 5.91 Å². The number of nitrogens with zero attached hydrogens (tertiary/aromatic N) is 4. The highest BCUT2D eigenvalue weighted by atomic mass is 16.2. The van der Waals surface area contributed by atoms with Crippen LogP contribution >= 0.6 is 0 Å². The standard InChI is InChI=1S/C19H30N4O/c1-4-22(5-2)18-11-10-15(14-20-18)19(24)23-13-7-9-17(23)16-8-6-12-21(16)3/h10-11,14,16-17H,4-9,12-13H2,1-3H3/t16-,17-/m1/s1. The first kappa shape index (κ1) is 17.2. The Morgan fingerprint density at radius 1 is 1.17 bits per heavy atom. The third-order valence-corrected chi connectivity index (χ3v) is 5.66. The number of pyridine rings is 1. The highest BCUT2D eigenvalue weighted by Gasteiger charge is 2.38. The molecule has 0 spiro atoms. The highest BCUT2D eigenvalue weighted by Crippen LogP contribution is 2.30. The molecule has 1 amide bonds. The molecule has 0 aliphatic carbocycles. The summed E-state index contributed by atoms with van der Waals surface area (Å²) in [5.41, 5.74) is 0.721. The van der Waals surface area contributed by atoms with Gasteiger partial charge in [-0.3, -0.25) is 4.79 Å². The zero-order valence-electron chi connectivity index (χ0n) is 15.2. The van der Waals surface area contributed by atoms with E-state index >= 15 is 0 Å². The second-order valence-electron chi connectivity index (χ2n) is 6.98. The fourth-order valence-electron chi connectivity index (χ4n) is 4.28. The number of likely N-dealkylation sites (N-methyl/N-ethyl adjacent to an activating group) is 1. The van der Waals surface area contributed by atoms with E-state index in [-0.39, 0.29) is 5.91 Å². The van der Waals surface area contributed by atoms with Gasteiger partial charge in [0, 0.05) is 37.9 Å². The van der Waals surface area contributed by atoms with Crippen LogP contribution in [0, 0.1) is 0 Å². The van der Waals surface area contributed by atoms with Crippen molar-refractivity contribution in [3.8, 4) is 0 Å². The quantitative estimate of drug-likeness (QED) is 0.832. The molecular formula is C19H30N4O. The Morgan fingerprint density at radius 2 is 1.88 bits per heavy atom. The average Bonchev–Trinajstić information content (AvgIpc) is 3.24. The van der Waals surface area contributed by atoms with E-state index in [9.17, 15) is 4.79 Å². The summed E-state index contributed by atoms with van der Waals surface area (Å²) in [4.78, 5) is 24.2. The zero-order valence-corrected chi connectivity index (χ0v) is 15.2. The molecule has 0 N–H and O–H groups in total. The molecule has 2 aliphatic heterocycles. The molecular weight excluding hydrogens is 300 g/mol. The van der Waals surface area contributed by atoms with Gasteiger partial charge < -0.3 is 14.7 Å². The van der Waals surface area contributed by atoms with E-state index in [4.69, 9.17) is 0 Å². The summed E-state index contributed by atoms with van der Waals surface area (Å²) < 4.78 is 0. The van der Waals surface area contributed by atoms with E-state index in [0.717, 1.165) is 50.4 Å². The average molecular weight is 330 g/mol. The molecule has 1 aromatic heterocycles. The summed E-state index contributed by atoms with van der Waals surface area (Å²) in [6, 6.07) is 4.82. The fraction of sp³-hybridized carbons (Fsp3) is 0.684. The summed E-state index contributed by atoms with van der Waals surface area (Å²) in [5, 5.41) is 0. The first-order valence-electron chi connectivity index (χ1n) is 9.38. The SMILES string of the molecule is CCN(CC)c1ccc(C(=O)N2CCC[C@@H]2[C@H]2CCCN2C)cn1. The maximum atomic E-state index is 13.0. The normalized spacial score (nSPS) is 24.5. The van der Waals surface area contributed by atoms with E-state index in [0.29, 0.717) is 12.1 Å². The molecule has 3 heterocycles. The van der Waals surface area contributed by atoms with E-state index in [2.05, 4.69) is 40.6 Å². The van der Waals surface area contributed by atoms with Crippen molar-refractivity contribution in [1.82, 2.24) is 14.8 Å². The van der Waals surface area contributed by atoms with Crippen molar-refractivity contribution in [2.45, 2.75) is 51.6 Å². The molecule has 24 heavy (non-hydrogen) atoms. The van der Waals surface area contributed by atoms with Gasteiger partial charge in [0.2, 0.25) is 0 Å². The lowest BCUT2D eigenvalue weighted by atomic mass is 10.0. The third-order valence-electron chi connectivity index (χ3n) is 5.66. The molecule has 2 aliphatic rings. The van der Waals surface area contributed by atoms with Crippen molar-refractivity contribution in [2.75, 3.05) is 38.1 Å². The van der Waals surface area contributed by atoms with Gasteiger partial charge in [0.15, 0.2) is 0 Å². The second-order valence-corrected chi connectivity index (χ2v) is 6.98. The molecule has 2 fully saturated rings. The van der Waals surface area contributed by atoms with Crippen LogP contribution in [-0.2, 0) is 0 Å². The summed E-state index contributed by atoms with van der Waals surface area (Å²) in [6.45, 7) is 8.14. The number of carbonyl (C=O) groups excluding carboxylic acids is 1. The summed E-state index contributed by atoms with van der Waals surface area (Å²) in [7, 11) is 2.19. The predicted molar refractivity (Wildman–Crippen MR) is 97.5 cm³/mol. The first-order valence-corrected chi connectivity index (χ1v) is 9.38. The molecule has 0 radical (unpaired) electrons. The monoisotopic (exact) mass is 330 g/mol. The van der Waals surface area contributed by atoms with E-state index in [1.54, 1.807) is 6.20 Å². The van der Waals surface area contributed by atoms with E-state index < -0.39 is 0 Å². The molecule has 5 nitrogen and oxygen atoms in total. The molecule has 5 heteroatoms. The topological polar surface area (TPSA) is 39.7 Å².